The fourth-order valence-corrected chi connectivity index (χ4v) is 6.62. The van der Waals surface area contributed by atoms with E-state index in [1.165, 1.54) is 38.5 Å². The molecule has 0 radical (unpaired) electrons. The zero-order valence-electron chi connectivity index (χ0n) is 40.5. The van der Waals surface area contributed by atoms with E-state index >= 15 is 0 Å². The van der Waals surface area contributed by atoms with E-state index in [-0.39, 0.29) is 25.8 Å². The molecule has 0 aromatic rings. The summed E-state index contributed by atoms with van der Waals surface area (Å²) in [6.45, 7) is 5.12. The Hall–Kier alpha value is -3.10. The molecule has 0 aliphatic rings. The number of quaternary nitrogens is 1. The van der Waals surface area contributed by atoms with Crippen molar-refractivity contribution < 1.29 is 37.3 Å². The highest BCUT2D eigenvalue weighted by atomic mass is 31.2. The number of nitrogens with zero attached hydrogens (tertiary/aromatic N) is 1. The van der Waals surface area contributed by atoms with Gasteiger partial charge in [0.2, 0.25) is 0 Å². The monoisotopic (exact) mass is 897 g/mol. The molecule has 0 aromatic carbocycles. The van der Waals surface area contributed by atoms with Gasteiger partial charge in [-0.15, -0.1) is 0 Å². The van der Waals surface area contributed by atoms with Crippen molar-refractivity contribution in [3.63, 3.8) is 0 Å². The number of phosphoric acid groups is 1. The second-order valence-electron chi connectivity index (χ2n) is 16.7. The van der Waals surface area contributed by atoms with Crippen LogP contribution >= 0.6 is 7.82 Å². The van der Waals surface area contributed by atoms with Gasteiger partial charge >= 0.3 is 13.8 Å². The summed E-state index contributed by atoms with van der Waals surface area (Å²) in [5.74, 6) is -0.351. The Morgan fingerprint density at radius 1 is 0.492 bits per heavy atom. The molecular formula is C54H91NO7P+. The van der Waals surface area contributed by atoms with Crippen molar-refractivity contribution in [3.05, 3.63) is 122 Å². The second-order valence-corrected chi connectivity index (χ2v) is 18.2. The first-order chi connectivity index (χ1) is 30.6. The molecule has 0 heterocycles. The predicted molar refractivity (Wildman–Crippen MR) is 270 cm³/mol. The van der Waals surface area contributed by atoms with Crippen molar-refractivity contribution in [2.45, 2.75) is 161 Å². The van der Waals surface area contributed by atoms with Gasteiger partial charge < -0.3 is 18.9 Å². The molecular weight excluding hydrogens is 806 g/mol. The lowest BCUT2D eigenvalue weighted by atomic mass is 10.1. The van der Waals surface area contributed by atoms with Crippen LogP contribution in [0.3, 0.4) is 0 Å². The molecule has 2 atom stereocenters. The molecule has 0 rings (SSSR count). The third-order valence-electron chi connectivity index (χ3n) is 9.54. The SMILES string of the molecule is CC/C=C\C/C=C\C/C=C\C/C=C\C/C=C\CCCCCCCCCCCC(=O)OC(COCC/C=C\C/C=C\C/C=C\C/C=C\C/C=C\CC)COP(=O)(O)OCC[N+](C)(C)C. The number of esters is 1. The van der Waals surface area contributed by atoms with Crippen molar-refractivity contribution >= 4 is 13.8 Å². The van der Waals surface area contributed by atoms with Crippen molar-refractivity contribution in [2.24, 2.45) is 0 Å². The smallest absolute Gasteiger partial charge is 0.457 e. The zero-order chi connectivity index (χ0) is 46.2. The fourth-order valence-electron chi connectivity index (χ4n) is 5.88. The lowest BCUT2D eigenvalue weighted by molar-refractivity contribution is -0.870. The number of carbonyl (C=O) groups excluding carboxylic acids is 1. The third kappa shape index (κ3) is 49.8. The Labute approximate surface area is 386 Å². The summed E-state index contributed by atoms with van der Waals surface area (Å²) in [4.78, 5) is 23.0. The number of phosphoric ester groups is 1. The Balaban J connectivity index is 4.28. The van der Waals surface area contributed by atoms with Gasteiger partial charge in [0, 0.05) is 6.42 Å². The maximum atomic E-state index is 12.7. The van der Waals surface area contributed by atoms with Crippen molar-refractivity contribution in [3.8, 4) is 0 Å². The van der Waals surface area contributed by atoms with Gasteiger partial charge in [0.25, 0.3) is 0 Å². The maximum Gasteiger partial charge on any atom is 0.472 e. The normalized spacial score (nSPS) is 14.7. The van der Waals surface area contributed by atoms with Crippen molar-refractivity contribution in [1.29, 1.82) is 0 Å². The number of rotatable bonds is 43. The molecule has 9 heteroatoms. The van der Waals surface area contributed by atoms with Gasteiger partial charge in [0.05, 0.1) is 41.0 Å². The van der Waals surface area contributed by atoms with E-state index in [1.54, 1.807) is 0 Å². The number of carbonyl (C=O) groups is 1. The molecule has 0 saturated carbocycles. The fraction of sp³-hybridized carbons (Fsp3) is 0.611. The number of unbranched alkanes of at least 4 members (excludes halogenated alkanes) is 9. The molecule has 63 heavy (non-hydrogen) atoms. The first-order valence-electron chi connectivity index (χ1n) is 24.3. The summed E-state index contributed by atoms with van der Waals surface area (Å²) in [6, 6.07) is 0. The molecule has 0 fully saturated rings. The highest BCUT2D eigenvalue weighted by Crippen LogP contribution is 2.43. The van der Waals surface area contributed by atoms with Crippen LogP contribution in [0.15, 0.2) is 122 Å². The van der Waals surface area contributed by atoms with Crippen LogP contribution in [-0.4, -0.2) is 75.6 Å². The molecule has 2 unspecified atom stereocenters. The number of ether oxygens (including phenoxy) is 2. The average Bonchev–Trinajstić information content (AvgIpc) is 3.24. The minimum atomic E-state index is -4.31. The van der Waals surface area contributed by atoms with Crippen LogP contribution in [0.25, 0.3) is 0 Å². The first kappa shape index (κ1) is 59.9. The van der Waals surface area contributed by atoms with Crippen LogP contribution in [0.2, 0.25) is 0 Å². The van der Waals surface area contributed by atoms with Crippen molar-refractivity contribution in [1.82, 2.24) is 0 Å². The predicted octanol–water partition coefficient (Wildman–Crippen LogP) is 14.9. The molecule has 0 bridgehead atoms. The molecule has 0 aromatic heterocycles. The summed E-state index contributed by atoms with van der Waals surface area (Å²) in [5, 5.41) is 0. The van der Waals surface area contributed by atoms with Crippen molar-refractivity contribution in [2.75, 3.05) is 54.1 Å². The van der Waals surface area contributed by atoms with Gasteiger partial charge in [-0.1, -0.05) is 180 Å². The Morgan fingerprint density at radius 2 is 0.873 bits per heavy atom. The number of allylic oxidation sites excluding steroid dienone is 19. The molecule has 8 nitrogen and oxygen atoms in total. The molecule has 358 valence electrons. The highest BCUT2D eigenvalue weighted by molar-refractivity contribution is 7.47. The molecule has 0 amide bonds. The van der Waals surface area contributed by atoms with Crippen LogP contribution in [0.5, 0.6) is 0 Å². The minimum absolute atomic E-state index is 0.0668. The molecule has 1 N–H and O–H groups in total. The minimum Gasteiger partial charge on any atom is -0.457 e. The van der Waals surface area contributed by atoms with E-state index in [9.17, 15) is 14.3 Å². The standard InChI is InChI=1S/C54H90NO7P/c1-6-8-10-12-14-16-18-20-22-24-25-26-27-28-29-30-31-32-33-35-37-39-41-43-45-47-54(56)62-53(52-61-63(57,58)60-50-48-55(3,4)5)51-59-49-46-44-42-40-38-36-34-23-21-19-17-15-13-11-9-7-2/h8-11,14-17,20-23,25-26,28-29,36,38,42,44,53H,6-7,12-13,18-19,24,27,30-35,37,39-41,43,45-52H2,1-5H3/p+1/b10-8-,11-9-,16-14-,17-15-,22-20-,23-21-,26-25-,29-28-,38-36-,44-42-. The second kappa shape index (κ2) is 45.5. The average molecular weight is 897 g/mol. The lowest BCUT2D eigenvalue weighted by Gasteiger charge is -2.24. The topological polar surface area (TPSA) is 91.3 Å². The van der Waals surface area contributed by atoms with Crippen LogP contribution < -0.4 is 0 Å². The van der Waals surface area contributed by atoms with E-state index in [2.05, 4.69) is 135 Å². The summed E-state index contributed by atoms with van der Waals surface area (Å²) < 4.78 is 34.9. The van der Waals surface area contributed by atoms with Crippen LogP contribution in [0.4, 0.5) is 0 Å². The zero-order valence-corrected chi connectivity index (χ0v) is 41.4. The number of hydrogen-bond donors (Lipinski definition) is 1. The molecule has 0 aliphatic carbocycles. The van der Waals surface area contributed by atoms with Gasteiger partial charge in [0.1, 0.15) is 19.3 Å². The summed E-state index contributed by atoms with van der Waals surface area (Å²) in [6.07, 6.45) is 65.5. The van der Waals surface area contributed by atoms with E-state index < -0.39 is 13.9 Å². The number of hydrogen-bond acceptors (Lipinski definition) is 6. The molecule has 0 saturated heterocycles. The molecule has 0 aliphatic heterocycles. The quantitative estimate of drug-likeness (QED) is 0.0214. The van der Waals surface area contributed by atoms with Gasteiger partial charge in [-0.3, -0.25) is 13.8 Å². The van der Waals surface area contributed by atoms with Crippen LogP contribution in [0.1, 0.15) is 155 Å². The third-order valence-corrected chi connectivity index (χ3v) is 10.5. The summed E-state index contributed by atoms with van der Waals surface area (Å²) >= 11 is 0. The van der Waals surface area contributed by atoms with E-state index in [4.69, 9.17) is 18.5 Å². The van der Waals surface area contributed by atoms with E-state index in [0.29, 0.717) is 30.5 Å². The first-order valence-corrected chi connectivity index (χ1v) is 25.8. The number of likely N-dealkylation sites (N-methyl/N-ethyl adjacent to an activating group) is 1. The van der Waals surface area contributed by atoms with Crippen LogP contribution in [0, 0.1) is 0 Å². The Bertz CT molecular complexity index is 1410. The lowest BCUT2D eigenvalue weighted by Crippen LogP contribution is -2.37. The van der Waals surface area contributed by atoms with E-state index in [1.807, 2.05) is 21.1 Å². The Morgan fingerprint density at radius 3 is 1.30 bits per heavy atom. The summed E-state index contributed by atoms with van der Waals surface area (Å²) in [7, 11) is 1.60. The molecule has 0 spiro atoms. The van der Waals surface area contributed by atoms with Gasteiger partial charge in [-0.05, 0) is 89.9 Å². The largest absolute Gasteiger partial charge is 0.472 e. The van der Waals surface area contributed by atoms with Gasteiger partial charge in [-0.2, -0.15) is 0 Å². The van der Waals surface area contributed by atoms with Gasteiger partial charge in [0.15, 0.2) is 0 Å². The highest BCUT2D eigenvalue weighted by Gasteiger charge is 2.26. The Kier molecular flexibility index (Phi) is 43.2. The maximum absolute atomic E-state index is 12.7. The van der Waals surface area contributed by atoms with Gasteiger partial charge in [-0.25, -0.2) is 4.57 Å². The van der Waals surface area contributed by atoms with Crippen LogP contribution in [-0.2, 0) is 27.9 Å². The van der Waals surface area contributed by atoms with E-state index in [0.717, 1.165) is 89.9 Å². The summed E-state index contributed by atoms with van der Waals surface area (Å²) in [5.41, 5.74) is 0.